The van der Waals surface area contributed by atoms with Crippen molar-refractivity contribution in [2.75, 3.05) is 0 Å². The number of benzene rings is 1. The van der Waals surface area contributed by atoms with Crippen molar-refractivity contribution >= 4 is 17.8 Å². The molecule has 0 bridgehead atoms. The molecule has 1 fully saturated rings. The molecule has 0 spiro atoms. The molecule has 0 aliphatic carbocycles. The van der Waals surface area contributed by atoms with E-state index in [9.17, 15) is 14.4 Å². The molecule has 2 amide bonds. The Morgan fingerprint density at radius 3 is 2.18 bits per heavy atom. The molecule has 1 aromatic carbocycles. The van der Waals surface area contributed by atoms with E-state index < -0.39 is 17.8 Å². The van der Waals surface area contributed by atoms with E-state index in [1.54, 1.807) is 24.3 Å². The number of carbonyl (C=O) groups excluding carboxylic acids is 3. The lowest BCUT2D eigenvalue weighted by molar-refractivity contribution is -0.172. The van der Waals surface area contributed by atoms with Crippen LogP contribution in [0.3, 0.4) is 0 Å². The Hall–Kier alpha value is -2.17. The third-order valence-electron chi connectivity index (χ3n) is 2.47. The first-order valence-corrected chi connectivity index (χ1v) is 5.22. The summed E-state index contributed by atoms with van der Waals surface area (Å²) >= 11 is 0. The fraction of sp³-hybridized carbons (Fsp3) is 0.250. The van der Waals surface area contributed by atoms with Crippen LogP contribution in [0.1, 0.15) is 28.8 Å². The van der Waals surface area contributed by atoms with Gasteiger partial charge in [0.1, 0.15) is 0 Å². The van der Waals surface area contributed by atoms with Crippen LogP contribution >= 0.6 is 0 Å². The first-order valence-electron chi connectivity index (χ1n) is 5.22. The molecule has 17 heavy (non-hydrogen) atoms. The average molecular weight is 233 g/mol. The molecule has 0 radical (unpaired) electrons. The van der Waals surface area contributed by atoms with Crippen LogP contribution in [0.4, 0.5) is 0 Å². The number of rotatable bonds is 2. The van der Waals surface area contributed by atoms with Crippen LogP contribution in [0.2, 0.25) is 0 Å². The molecule has 0 saturated carbocycles. The standard InChI is InChI=1S/C12H11NO4/c1-8-2-4-9(5-3-8)12(16)17-13-10(14)6-7-11(13)15/h2-5H,6-7H2,1H3. The van der Waals surface area contributed by atoms with Crippen molar-refractivity contribution in [2.24, 2.45) is 0 Å². The molecule has 0 aromatic heterocycles. The summed E-state index contributed by atoms with van der Waals surface area (Å²) in [5, 5.41) is 0.544. The van der Waals surface area contributed by atoms with E-state index >= 15 is 0 Å². The number of hydroxylamine groups is 2. The van der Waals surface area contributed by atoms with Crippen molar-refractivity contribution in [3.8, 4) is 0 Å². The third-order valence-corrected chi connectivity index (χ3v) is 2.47. The summed E-state index contributed by atoms with van der Waals surface area (Å²) in [6.07, 6.45) is 0.194. The maximum Gasteiger partial charge on any atom is 0.363 e. The fourth-order valence-corrected chi connectivity index (χ4v) is 1.48. The predicted molar refractivity (Wildman–Crippen MR) is 57.7 cm³/mol. The SMILES string of the molecule is Cc1ccc(C(=O)ON2C(=O)CCC2=O)cc1. The Balaban J connectivity index is 2.09. The van der Waals surface area contributed by atoms with Gasteiger partial charge in [0.25, 0.3) is 11.8 Å². The van der Waals surface area contributed by atoms with Gasteiger partial charge in [-0.05, 0) is 19.1 Å². The largest absolute Gasteiger partial charge is 0.363 e. The molecule has 0 atom stereocenters. The molecule has 5 heteroatoms. The highest BCUT2D eigenvalue weighted by Crippen LogP contribution is 2.14. The molecule has 1 aliphatic heterocycles. The Labute approximate surface area is 97.9 Å². The maximum absolute atomic E-state index is 11.6. The lowest BCUT2D eigenvalue weighted by Crippen LogP contribution is -2.32. The van der Waals surface area contributed by atoms with Crippen molar-refractivity contribution in [1.29, 1.82) is 0 Å². The highest BCUT2D eigenvalue weighted by atomic mass is 16.7. The van der Waals surface area contributed by atoms with Crippen molar-refractivity contribution in [3.05, 3.63) is 35.4 Å². The molecule has 1 aromatic rings. The van der Waals surface area contributed by atoms with Crippen molar-refractivity contribution in [1.82, 2.24) is 5.06 Å². The number of hydrogen-bond donors (Lipinski definition) is 0. The molecule has 0 unspecified atom stereocenters. The summed E-state index contributed by atoms with van der Waals surface area (Å²) in [6, 6.07) is 6.68. The van der Waals surface area contributed by atoms with Crippen LogP contribution in [-0.2, 0) is 14.4 Å². The monoisotopic (exact) mass is 233 g/mol. The van der Waals surface area contributed by atoms with Gasteiger partial charge in [-0.15, -0.1) is 5.06 Å². The van der Waals surface area contributed by atoms with E-state index in [1.807, 2.05) is 6.92 Å². The molecule has 2 rings (SSSR count). The molecule has 88 valence electrons. The van der Waals surface area contributed by atoms with Crippen molar-refractivity contribution < 1.29 is 19.2 Å². The fourth-order valence-electron chi connectivity index (χ4n) is 1.48. The number of amides is 2. The zero-order chi connectivity index (χ0) is 12.4. The van der Waals surface area contributed by atoms with Gasteiger partial charge in [-0.2, -0.15) is 0 Å². The molecular formula is C12H11NO4. The van der Waals surface area contributed by atoms with Gasteiger partial charge in [0.15, 0.2) is 0 Å². The molecule has 1 heterocycles. The zero-order valence-electron chi connectivity index (χ0n) is 9.30. The first kappa shape index (κ1) is 11.3. The smallest absolute Gasteiger partial charge is 0.325 e. The van der Waals surface area contributed by atoms with Crippen molar-refractivity contribution in [2.45, 2.75) is 19.8 Å². The maximum atomic E-state index is 11.6. The van der Waals surface area contributed by atoms with E-state index in [-0.39, 0.29) is 12.8 Å². The van der Waals surface area contributed by atoms with Crippen LogP contribution in [0.25, 0.3) is 0 Å². The quantitative estimate of drug-likeness (QED) is 0.720. The number of nitrogens with zero attached hydrogens (tertiary/aromatic N) is 1. The van der Waals surface area contributed by atoms with E-state index in [4.69, 9.17) is 4.84 Å². The van der Waals surface area contributed by atoms with E-state index in [2.05, 4.69) is 0 Å². The minimum Gasteiger partial charge on any atom is -0.325 e. The van der Waals surface area contributed by atoms with Crippen molar-refractivity contribution in [3.63, 3.8) is 0 Å². The van der Waals surface area contributed by atoms with E-state index in [0.717, 1.165) is 5.56 Å². The summed E-state index contributed by atoms with van der Waals surface area (Å²) in [5.74, 6) is -1.65. The van der Waals surface area contributed by atoms with Gasteiger partial charge < -0.3 is 4.84 Å². The number of aryl methyl sites for hydroxylation is 1. The zero-order valence-corrected chi connectivity index (χ0v) is 9.30. The second-order valence-electron chi connectivity index (χ2n) is 3.83. The molecule has 0 N–H and O–H groups in total. The predicted octanol–water partition coefficient (Wildman–Crippen LogP) is 1.22. The Morgan fingerprint density at radius 2 is 1.65 bits per heavy atom. The van der Waals surface area contributed by atoms with Crippen LogP contribution in [0, 0.1) is 6.92 Å². The minimum absolute atomic E-state index is 0.0972. The molecule has 1 aliphatic rings. The molecule has 1 saturated heterocycles. The summed E-state index contributed by atoms with van der Waals surface area (Å²) in [5.41, 5.74) is 1.32. The third kappa shape index (κ3) is 2.33. The van der Waals surface area contributed by atoms with Gasteiger partial charge in [0.05, 0.1) is 5.56 Å². The van der Waals surface area contributed by atoms with Crippen LogP contribution < -0.4 is 0 Å². The molecule has 5 nitrogen and oxygen atoms in total. The highest BCUT2D eigenvalue weighted by Gasteiger charge is 2.33. The van der Waals surface area contributed by atoms with E-state index in [1.165, 1.54) is 0 Å². The average Bonchev–Trinajstić information content (AvgIpc) is 2.61. The first-order chi connectivity index (χ1) is 8.08. The number of imide groups is 1. The Bertz CT molecular complexity index is 462. The second-order valence-corrected chi connectivity index (χ2v) is 3.83. The summed E-state index contributed by atoms with van der Waals surface area (Å²) in [7, 11) is 0. The molecular weight excluding hydrogens is 222 g/mol. The normalized spacial score (nSPS) is 15.2. The van der Waals surface area contributed by atoms with Gasteiger partial charge in [-0.25, -0.2) is 4.79 Å². The van der Waals surface area contributed by atoms with Crippen LogP contribution in [0.15, 0.2) is 24.3 Å². The topological polar surface area (TPSA) is 63.7 Å². The van der Waals surface area contributed by atoms with Gasteiger partial charge in [0.2, 0.25) is 0 Å². The van der Waals surface area contributed by atoms with Gasteiger partial charge in [-0.1, -0.05) is 17.7 Å². The number of carbonyl (C=O) groups is 3. The minimum atomic E-state index is -0.700. The van der Waals surface area contributed by atoms with Gasteiger partial charge in [-0.3, -0.25) is 9.59 Å². The highest BCUT2D eigenvalue weighted by molar-refractivity contribution is 6.02. The van der Waals surface area contributed by atoms with E-state index in [0.29, 0.717) is 10.6 Å². The Morgan fingerprint density at radius 1 is 1.12 bits per heavy atom. The van der Waals surface area contributed by atoms with Crippen LogP contribution in [0.5, 0.6) is 0 Å². The van der Waals surface area contributed by atoms with Gasteiger partial charge in [0, 0.05) is 12.8 Å². The second kappa shape index (κ2) is 4.37. The summed E-state index contributed by atoms with van der Waals surface area (Å²) < 4.78 is 0. The summed E-state index contributed by atoms with van der Waals surface area (Å²) in [6.45, 7) is 1.89. The summed E-state index contributed by atoms with van der Waals surface area (Å²) in [4.78, 5) is 38.9. The van der Waals surface area contributed by atoms with Crippen LogP contribution in [-0.4, -0.2) is 22.8 Å². The lowest BCUT2D eigenvalue weighted by atomic mass is 10.2. The number of hydrogen-bond acceptors (Lipinski definition) is 4. The lowest BCUT2D eigenvalue weighted by Gasteiger charge is -2.12. The van der Waals surface area contributed by atoms with Gasteiger partial charge >= 0.3 is 5.97 Å². The Kier molecular flexibility index (Phi) is 2.91.